The van der Waals surface area contributed by atoms with Crippen molar-refractivity contribution in [3.63, 3.8) is 0 Å². The van der Waals surface area contributed by atoms with Crippen LogP contribution in [0.25, 0.3) is 0 Å². The predicted molar refractivity (Wildman–Crippen MR) is 77.2 cm³/mol. The van der Waals surface area contributed by atoms with E-state index in [1.54, 1.807) is 13.8 Å². The highest BCUT2D eigenvalue weighted by Crippen LogP contribution is 2.39. The van der Waals surface area contributed by atoms with Crippen molar-refractivity contribution in [3.8, 4) is 0 Å². The number of nitro benzene ring substituents is 2. The molecule has 0 aliphatic heterocycles. The van der Waals surface area contributed by atoms with Gasteiger partial charge in [0.2, 0.25) is 0 Å². The van der Waals surface area contributed by atoms with E-state index < -0.39 is 9.85 Å². The molecule has 7 nitrogen and oxygen atoms in total. The SMILES string of the molecule is CCC(CC)Nc1c([N+](=O)[O-])cc(C)c(C)c1[N+](=O)[O-].[Cl-]. The van der Waals surface area contributed by atoms with Crippen LogP contribution in [0.2, 0.25) is 0 Å². The second-order valence-electron chi connectivity index (χ2n) is 4.73. The van der Waals surface area contributed by atoms with E-state index in [2.05, 4.69) is 5.32 Å². The zero-order valence-corrected chi connectivity index (χ0v) is 13.2. The van der Waals surface area contributed by atoms with Crippen LogP contribution < -0.4 is 17.7 Å². The van der Waals surface area contributed by atoms with E-state index in [0.29, 0.717) is 11.1 Å². The Morgan fingerprint density at radius 2 is 1.67 bits per heavy atom. The van der Waals surface area contributed by atoms with Crippen LogP contribution in [0, 0.1) is 34.1 Å². The van der Waals surface area contributed by atoms with Crippen molar-refractivity contribution < 1.29 is 22.3 Å². The Bertz CT molecular complexity index is 545. The van der Waals surface area contributed by atoms with Gasteiger partial charge in [-0.3, -0.25) is 20.2 Å². The van der Waals surface area contributed by atoms with Gasteiger partial charge in [-0.1, -0.05) is 13.8 Å². The smallest absolute Gasteiger partial charge is 0.302 e. The lowest BCUT2D eigenvalue weighted by Crippen LogP contribution is -3.00. The van der Waals surface area contributed by atoms with Gasteiger partial charge in [0.25, 0.3) is 5.69 Å². The monoisotopic (exact) mass is 316 g/mol. The lowest BCUT2D eigenvalue weighted by atomic mass is 10.0. The highest BCUT2D eigenvalue weighted by atomic mass is 35.5. The standard InChI is InChI=1S/C13H19N3O4.ClH/c1-5-10(6-2)14-12-11(15(17)18)7-8(3)9(4)13(12)16(19)20;/h7,10,14H,5-6H2,1-4H3;1H/p-1. The molecule has 21 heavy (non-hydrogen) atoms. The molecule has 0 spiro atoms. The number of hydrogen-bond acceptors (Lipinski definition) is 5. The number of benzene rings is 1. The van der Waals surface area contributed by atoms with E-state index in [1.807, 2.05) is 13.8 Å². The van der Waals surface area contributed by atoms with Crippen LogP contribution in [0.1, 0.15) is 37.8 Å². The molecule has 0 saturated carbocycles. The van der Waals surface area contributed by atoms with Crippen LogP contribution in [0.5, 0.6) is 0 Å². The van der Waals surface area contributed by atoms with Gasteiger partial charge in [0, 0.05) is 17.7 Å². The fraction of sp³-hybridized carbons (Fsp3) is 0.538. The summed E-state index contributed by atoms with van der Waals surface area (Å²) in [5.74, 6) is 0. The second kappa shape index (κ2) is 7.78. The number of aryl methyl sites for hydroxylation is 1. The lowest BCUT2D eigenvalue weighted by molar-refractivity contribution is -0.392. The van der Waals surface area contributed by atoms with E-state index in [1.165, 1.54) is 6.07 Å². The van der Waals surface area contributed by atoms with Crippen molar-refractivity contribution in [1.29, 1.82) is 0 Å². The topological polar surface area (TPSA) is 98.3 Å². The molecule has 0 heterocycles. The molecule has 1 aromatic rings. The third-order valence-corrected chi connectivity index (χ3v) is 3.51. The normalized spacial score (nSPS) is 10.1. The summed E-state index contributed by atoms with van der Waals surface area (Å²) in [5.41, 5.74) is 0.555. The highest BCUT2D eigenvalue weighted by molar-refractivity contribution is 5.77. The van der Waals surface area contributed by atoms with Gasteiger partial charge in [-0.05, 0) is 32.3 Å². The Balaban J connectivity index is 0.00000400. The summed E-state index contributed by atoms with van der Waals surface area (Å²) in [6.07, 6.45) is 1.47. The maximum Gasteiger partial charge on any atom is 0.302 e. The minimum Gasteiger partial charge on any atom is -1.00 e. The molecule has 0 unspecified atom stereocenters. The zero-order valence-electron chi connectivity index (χ0n) is 12.5. The third-order valence-electron chi connectivity index (χ3n) is 3.51. The lowest BCUT2D eigenvalue weighted by Gasteiger charge is -2.17. The zero-order chi connectivity index (χ0) is 15.4. The molecule has 0 aliphatic rings. The fourth-order valence-electron chi connectivity index (χ4n) is 2.09. The van der Waals surface area contributed by atoms with Crippen molar-refractivity contribution in [2.75, 3.05) is 5.32 Å². The molecule has 0 bridgehead atoms. The second-order valence-corrected chi connectivity index (χ2v) is 4.73. The largest absolute Gasteiger partial charge is 1.00 e. The predicted octanol–water partition coefficient (Wildman–Crippen LogP) is 0.724. The average molecular weight is 317 g/mol. The molecule has 1 rings (SSSR count). The van der Waals surface area contributed by atoms with Gasteiger partial charge in [-0.25, -0.2) is 0 Å². The maximum atomic E-state index is 11.3. The molecule has 0 fully saturated rings. The van der Waals surface area contributed by atoms with Crippen LogP contribution in [0.15, 0.2) is 6.07 Å². The van der Waals surface area contributed by atoms with Crippen molar-refractivity contribution in [1.82, 2.24) is 0 Å². The highest BCUT2D eigenvalue weighted by Gasteiger charge is 2.30. The van der Waals surface area contributed by atoms with Gasteiger partial charge in [0.15, 0.2) is 5.69 Å². The number of rotatable bonds is 6. The Kier molecular flexibility index (Phi) is 7.08. The molecule has 0 aromatic heterocycles. The van der Waals surface area contributed by atoms with Crippen LogP contribution in [0.4, 0.5) is 17.1 Å². The molecule has 8 heteroatoms. The molecule has 118 valence electrons. The molecular weight excluding hydrogens is 298 g/mol. The van der Waals surface area contributed by atoms with Crippen LogP contribution in [-0.4, -0.2) is 15.9 Å². The minimum atomic E-state index is -0.579. The van der Waals surface area contributed by atoms with Gasteiger partial charge in [0.05, 0.1) is 9.85 Å². The molecule has 0 radical (unpaired) electrons. The summed E-state index contributed by atoms with van der Waals surface area (Å²) in [4.78, 5) is 21.3. The summed E-state index contributed by atoms with van der Waals surface area (Å²) in [5, 5.41) is 25.4. The van der Waals surface area contributed by atoms with Crippen molar-refractivity contribution in [2.24, 2.45) is 0 Å². The van der Waals surface area contributed by atoms with Gasteiger partial charge < -0.3 is 17.7 Å². The van der Waals surface area contributed by atoms with Gasteiger partial charge in [0.1, 0.15) is 0 Å². The Labute approximate surface area is 129 Å². The van der Waals surface area contributed by atoms with Gasteiger partial charge in [-0.2, -0.15) is 0 Å². The fourth-order valence-corrected chi connectivity index (χ4v) is 2.09. The van der Waals surface area contributed by atoms with Crippen molar-refractivity contribution >= 4 is 17.1 Å². The van der Waals surface area contributed by atoms with E-state index in [0.717, 1.165) is 12.8 Å². The van der Waals surface area contributed by atoms with Crippen LogP contribution >= 0.6 is 0 Å². The molecule has 0 saturated heterocycles. The summed E-state index contributed by atoms with van der Waals surface area (Å²) in [6.45, 7) is 7.10. The number of nitrogens with one attached hydrogen (secondary N) is 1. The third kappa shape index (κ3) is 4.04. The summed E-state index contributed by atoms with van der Waals surface area (Å²) >= 11 is 0. The molecule has 0 atom stereocenters. The number of anilines is 1. The molecule has 1 N–H and O–H groups in total. The number of hydrogen-bond donors (Lipinski definition) is 1. The first-order valence-corrected chi connectivity index (χ1v) is 6.52. The van der Waals surface area contributed by atoms with Crippen LogP contribution in [-0.2, 0) is 0 Å². The van der Waals surface area contributed by atoms with Crippen molar-refractivity contribution in [3.05, 3.63) is 37.4 Å². The molecular formula is C13H19ClN3O4-. The minimum absolute atomic E-state index is 0. The van der Waals surface area contributed by atoms with E-state index in [9.17, 15) is 20.2 Å². The average Bonchev–Trinajstić information content (AvgIpc) is 2.38. The van der Waals surface area contributed by atoms with E-state index in [-0.39, 0.29) is 35.5 Å². The summed E-state index contributed by atoms with van der Waals surface area (Å²) in [6, 6.07) is 1.35. The first-order chi connectivity index (χ1) is 9.33. The van der Waals surface area contributed by atoms with E-state index in [4.69, 9.17) is 0 Å². The van der Waals surface area contributed by atoms with Crippen LogP contribution in [0.3, 0.4) is 0 Å². The number of nitrogens with zero attached hydrogens (tertiary/aromatic N) is 2. The molecule has 0 aliphatic carbocycles. The Hall–Kier alpha value is -1.89. The summed E-state index contributed by atoms with van der Waals surface area (Å²) < 4.78 is 0. The summed E-state index contributed by atoms with van der Waals surface area (Å²) in [7, 11) is 0. The number of halogens is 1. The number of nitro groups is 2. The molecule has 0 amide bonds. The first kappa shape index (κ1) is 19.1. The van der Waals surface area contributed by atoms with Crippen molar-refractivity contribution in [2.45, 2.75) is 46.6 Å². The quantitative estimate of drug-likeness (QED) is 0.616. The van der Waals surface area contributed by atoms with E-state index >= 15 is 0 Å². The Morgan fingerprint density at radius 3 is 2.05 bits per heavy atom. The Morgan fingerprint density at radius 1 is 1.14 bits per heavy atom. The van der Waals surface area contributed by atoms with Gasteiger partial charge in [-0.15, -0.1) is 0 Å². The van der Waals surface area contributed by atoms with Gasteiger partial charge >= 0.3 is 5.69 Å². The molecule has 1 aromatic carbocycles. The maximum absolute atomic E-state index is 11.3. The first-order valence-electron chi connectivity index (χ1n) is 6.52.